The van der Waals surface area contributed by atoms with Crippen LogP contribution in [0.2, 0.25) is 0 Å². The second-order valence-electron chi connectivity index (χ2n) is 6.99. The van der Waals surface area contributed by atoms with Crippen LogP contribution in [-0.4, -0.2) is 29.8 Å². The first kappa shape index (κ1) is 14.2. The number of aliphatic hydroxyl groups is 1. The minimum Gasteiger partial charge on any atom is -0.394 e. The van der Waals surface area contributed by atoms with Crippen LogP contribution in [0, 0.1) is 23.2 Å². The SMILES string of the molecule is O=C(NC(CO)C12CC3CC(CC(C3)C1)C2)C(F)(F)F. The zero-order valence-corrected chi connectivity index (χ0v) is 11.2. The maximum absolute atomic E-state index is 12.4. The van der Waals surface area contributed by atoms with Crippen LogP contribution < -0.4 is 5.32 Å². The first-order valence-corrected chi connectivity index (χ1v) is 7.31. The molecule has 4 rings (SSSR count). The van der Waals surface area contributed by atoms with Crippen molar-refractivity contribution in [3.63, 3.8) is 0 Å². The van der Waals surface area contributed by atoms with E-state index in [4.69, 9.17) is 0 Å². The molecule has 1 amide bonds. The van der Waals surface area contributed by atoms with Gasteiger partial charge in [0.1, 0.15) is 0 Å². The predicted molar refractivity (Wildman–Crippen MR) is 65.7 cm³/mol. The van der Waals surface area contributed by atoms with Gasteiger partial charge in [0, 0.05) is 0 Å². The third-order valence-electron chi connectivity index (χ3n) is 5.57. The lowest BCUT2D eigenvalue weighted by Crippen LogP contribution is -2.59. The highest BCUT2D eigenvalue weighted by Crippen LogP contribution is 2.61. The number of rotatable bonds is 3. The molecule has 114 valence electrons. The summed E-state index contributed by atoms with van der Waals surface area (Å²) in [5.41, 5.74) is -0.315. The number of carbonyl (C=O) groups excluding carboxylic acids is 1. The van der Waals surface area contributed by atoms with Crippen molar-refractivity contribution in [3.05, 3.63) is 0 Å². The van der Waals surface area contributed by atoms with Crippen LogP contribution in [0.4, 0.5) is 13.2 Å². The molecule has 0 aromatic carbocycles. The van der Waals surface area contributed by atoms with E-state index in [1.165, 1.54) is 19.3 Å². The summed E-state index contributed by atoms with van der Waals surface area (Å²) in [6.07, 6.45) is 1.18. The summed E-state index contributed by atoms with van der Waals surface area (Å²) >= 11 is 0. The Balaban J connectivity index is 1.77. The summed E-state index contributed by atoms with van der Waals surface area (Å²) < 4.78 is 37.3. The molecular formula is C14H20F3NO2. The van der Waals surface area contributed by atoms with Crippen LogP contribution in [0.5, 0.6) is 0 Å². The Morgan fingerprint density at radius 1 is 1.15 bits per heavy atom. The summed E-state index contributed by atoms with van der Waals surface area (Å²) in [6, 6.07) is -0.759. The van der Waals surface area contributed by atoms with Gasteiger partial charge in [-0.05, 0) is 61.7 Å². The van der Waals surface area contributed by atoms with Crippen molar-refractivity contribution < 1.29 is 23.1 Å². The van der Waals surface area contributed by atoms with Crippen LogP contribution in [0.1, 0.15) is 38.5 Å². The summed E-state index contributed by atoms with van der Waals surface area (Å²) in [5, 5.41) is 11.6. The molecule has 0 aromatic heterocycles. The fourth-order valence-corrected chi connectivity index (χ4v) is 5.24. The first-order chi connectivity index (χ1) is 9.32. The normalized spacial score (nSPS) is 40.7. The quantitative estimate of drug-likeness (QED) is 0.838. The topological polar surface area (TPSA) is 49.3 Å². The van der Waals surface area contributed by atoms with Gasteiger partial charge in [-0.25, -0.2) is 0 Å². The van der Waals surface area contributed by atoms with Gasteiger partial charge in [-0.2, -0.15) is 13.2 Å². The Hall–Kier alpha value is -0.780. The molecule has 4 bridgehead atoms. The van der Waals surface area contributed by atoms with Gasteiger partial charge in [0.05, 0.1) is 12.6 Å². The zero-order chi connectivity index (χ0) is 14.5. The standard InChI is InChI=1S/C14H20F3NO2/c15-14(16,17)12(20)18-11(7-19)13-4-8-1-9(5-13)3-10(2-8)6-13/h8-11,19H,1-7H2,(H,18,20). The van der Waals surface area contributed by atoms with Gasteiger partial charge >= 0.3 is 12.1 Å². The predicted octanol–water partition coefficient (Wildman–Crippen LogP) is 2.24. The Morgan fingerprint density at radius 2 is 1.60 bits per heavy atom. The summed E-state index contributed by atoms with van der Waals surface area (Å²) in [4.78, 5) is 11.2. The van der Waals surface area contributed by atoms with Gasteiger partial charge in [0.25, 0.3) is 0 Å². The van der Waals surface area contributed by atoms with Crippen molar-refractivity contribution in [1.82, 2.24) is 5.32 Å². The second-order valence-corrected chi connectivity index (χ2v) is 6.99. The number of hydrogen-bond acceptors (Lipinski definition) is 2. The molecule has 0 saturated heterocycles. The molecule has 0 spiro atoms. The molecular weight excluding hydrogens is 271 g/mol. The molecule has 3 nitrogen and oxygen atoms in total. The third-order valence-corrected chi connectivity index (χ3v) is 5.57. The highest BCUT2D eigenvalue weighted by atomic mass is 19.4. The summed E-state index contributed by atoms with van der Waals surface area (Å²) in [7, 11) is 0. The van der Waals surface area contributed by atoms with Crippen molar-refractivity contribution in [1.29, 1.82) is 0 Å². The minimum absolute atomic E-state index is 0.315. The van der Waals surface area contributed by atoms with E-state index in [2.05, 4.69) is 0 Å². The molecule has 0 radical (unpaired) electrons. The number of halogens is 3. The largest absolute Gasteiger partial charge is 0.471 e. The van der Waals surface area contributed by atoms with Gasteiger partial charge < -0.3 is 10.4 Å². The van der Waals surface area contributed by atoms with E-state index in [-0.39, 0.29) is 5.41 Å². The van der Waals surface area contributed by atoms with E-state index in [0.29, 0.717) is 17.8 Å². The highest BCUT2D eigenvalue weighted by Gasteiger charge is 2.55. The fraction of sp³-hybridized carbons (Fsp3) is 0.929. The molecule has 0 aliphatic heterocycles. The lowest BCUT2D eigenvalue weighted by atomic mass is 9.47. The number of hydrogen-bond donors (Lipinski definition) is 2. The van der Waals surface area contributed by atoms with E-state index in [9.17, 15) is 23.1 Å². The van der Waals surface area contributed by atoms with E-state index in [0.717, 1.165) is 19.3 Å². The molecule has 20 heavy (non-hydrogen) atoms. The molecule has 0 heterocycles. The maximum Gasteiger partial charge on any atom is 0.471 e. The molecule has 4 aliphatic rings. The number of nitrogens with one attached hydrogen (secondary N) is 1. The molecule has 4 fully saturated rings. The Morgan fingerprint density at radius 3 is 1.95 bits per heavy atom. The monoisotopic (exact) mass is 291 g/mol. The van der Waals surface area contributed by atoms with Crippen LogP contribution in [0.3, 0.4) is 0 Å². The molecule has 4 saturated carbocycles. The van der Waals surface area contributed by atoms with Crippen molar-refractivity contribution >= 4 is 5.91 Å². The van der Waals surface area contributed by atoms with Crippen LogP contribution in [0.15, 0.2) is 0 Å². The first-order valence-electron chi connectivity index (χ1n) is 7.31. The smallest absolute Gasteiger partial charge is 0.394 e. The minimum atomic E-state index is -4.88. The second kappa shape index (κ2) is 4.61. The Bertz CT molecular complexity index is 372. The van der Waals surface area contributed by atoms with Gasteiger partial charge in [-0.3, -0.25) is 4.79 Å². The lowest BCUT2D eigenvalue weighted by Gasteiger charge is -2.59. The van der Waals surface area contributed by atoms with Crippen molar-refractivity contribution in [2.45, 2.75) is 50.7 Å². The number of aliphatic hydroxyl groups excluding tert-OH is 1. The van der Waals surface area contributed by atoms with Crippen molar-refractivity contribution in [2.24, 2.45) is 23.2 Å². The van der Waals surface area contributed by atoms with Crippen LogP contribution >= 0.6 is 0 Å². The number of alkyl halides is 3. The molecule has 4 aliphatic carbocycles. The van der Waals surface area contributed by atoms with Gasteiger partial charge in [-0.15, -0.1) is 0 Å². The van der Waals surface area contributed by atoms with E-state index in [1.807, 2.05) is 5.32 Å². The van der Waals surface area contributed by atoms with Gasteiger partial charge in [-0.1, -0.05) is 0 Å². The van der Waals surface area contributed by atoms with Crippen molar-refractivity contribution in [3.8, 4) is 0 Å². The van der Waals surface area contributed by atoms with Gasteiger partial charge in [0.15, 0.2) is 0 Å². The molecule has 6 heteroatoms. The molecule has 1 atom stereocenters. The molecule has 0 aromatic rings. The van der Waals surface area contributed by atoms with Crippen molar-refractivity contribution in [2.75, 3.05) is 6.61 Å². The highest BCUT2D eigenvalue weighted by molar-refractivity contribution is 5.82. The molecule has 2 N–H and O–H groups in total. The average Bonchev–Trinajstić information content (AvgIpc) is 2.32. The lowest BCUT2D eigenvalue weighted by molar-refractivity contribution is -0.177. The third kappa shape index (κ3) is 2.32. The molecule has 1 unspecified atom stereocenters. The van der Waals surface area contributed by atoms with E-state index < -0.39 is 24.7 Å². The van der Waals surface area contributed by atoms with Crippen LogP contribution in [0.25, 0.3) is 0 Å². The maximum atomic E-state index is 12.4. The summed E-state index contributed by atoms with van der Waals surface area (Å²) in [6.45, 7) is -0.409. The zero-order valence-electron chi connectivity index (χ0n) is 11.2. The fourth-order valence-electron chi connectivity index (χ4n) is 5.24. The van der Waals surface area contributed by atoms with E-state index in [1.54, 1.807) is 0 Å². The Kier molecular flexibility index (Phi) is 3.27. The van der Waals surface area contributed by atoms with Gasteiger partial charge in [0.2, 0.25) is 0 Å². The Labute approximate surface area is 115 Å². The number of amides is 1. The average molecular weight is 291 g/mol. The summed E-state index contributed by atoms with van der Waals surface area (Å²) in [5.74, 6) is -0.221. The van der Waals surface area contributed by atoms with Crippen LogP contribution in [-0.2, 0) is 4.79 Å². The number of carbonyl (C=O) groups is 1. The van der Waals surface area contributed by atoms with E-state index >= 15 is 0 Å².